The molecular formula is C31H33N3O6. The lowest BCUT2D eigenvalue weighted by Crippen LogP contribution is -2.57. The standard InChI is InChI=1S/C31H33N3O6/c1-20(19-35)34-27-30(38)33(22-11-13-23(39-2)14-12-22)17-7-15-31(27)26(29(34)37)25-24(40-31)10-6-16-32(28(25)36)18-21-8-4-3-5-9-21/h3-15,20,24-27,35H,16-19H2,1-2H3/t20-,24-,25+,26+,27?,31+/m1/s1. The first-order valence-electron chi connectivity index (χ1n) is 13.6. The van der Waals surface area contributed by atoms with Gasteiger partial charge in [-0.15, -0.1) is 0 Å². The van der Waals surface area contributed by atoms with E-state index in [1.165, 1.54) is 4.90 Å². The lowest BCUT2D eigenvalue weighted by atomic mass is 9.77. The molecule has 6 rings (SSSR count). The maximum Gasteiger partial charge on any atom is 0.253 e. The van der Waals surface area contributed by atoms with Gasteiger partial charge >= 0.3 is 0 Å². The molecule has 1 unspecified atom stereocenters. The molecule has 9 heteroatoms. The Kier molecular flexibility index (Phi) is 6.72. The van der Waals surface area contributed by atoms with Gasteiger partial charge in [0.1, 0.15) is 17.4 Å². The summed E-state index contributed by atoms with van der Waals surface area (Å²) in [5, 5.41) is 10.1. The number of aliphatic hydroxyl groups excluding tert-OH is 1. The summed E-state index contributed by atoms with van der Waals surface area (Å²) in [6.07, 6.45) is 6.76. The Morgan fingerprint density at radius 3 is 2.45 bits per heavy atom. The van der Waals surface area contributed by atoms with Crippen molar-refractivity contribution in [2.75, 3.05) is 31.7 Å². The third-order valence-electron chi connectivity index (χ3n) is 8.52. The number of nitrogens with zero attached hydrogens (tertiary/aromatic N) is 3. The molecule has 2 fully saturated rings. The fourth-order valence-electron chi connectivity index (χ4n) is 6.63. The maximum atomic E-state index is 14.3. The van der Waals surface area contributed by atoms with Crippen molar-refractivity contribution in [1.29, 1.82) is 0 Å². The van der Waals surface area contributed by atoms with Crippen LogP contribution in [-0.4, -0.2) is 83.2 Å². The summed E-state index contributed by atoms with van der Waals surface area (Å²) in [5.74, 6) is -1.88. The first kappa shape index (κ1) is 26.3. The van der Waals surface area contributed by atoms with Gasteiger partial charge in [-0.25, -0.2) is 0 Å². The van der Waals surface area contributed by atoms with Crippen LogP contribution in [0.1, 0.15) is 12.5 Å². The molecule has 0 radical (unpaired) electrons. The number of carbonyl (C=O) groups is 3. The van der Waals surface area contributed by atoms with Gasteiger partial charge in [-0.05, 0) is 36.8 Å². The first-order valence-corrected chi connectivity index (χ1v) is 13.6. The van der Waals surface area contributed by atoms with Crippen molar-refractivity contribution in [2.45, 2.75) is 37.3 Å². The van der Waals surface area contributed by atoms with Gasteiger partial charge in [0.05, 0.1) is 37.7 Å². The molecule has 0 aliphatic carbocycles. The molecule has 2 aromatic carbocycles. The molecule has 9 nitrogen and oxygen atoms in total. The van der Waals surface area contributed by atoms with Gasteiger partial charge < -0.3 is 29.3 Å². The van der Waals surface area contributed by atoms with Gasteiger partial charge in [0.25, 0.3) is 5.91 Å². The first-order chi connectivity index (χ1) is 19.4. The van der Waals surface area contributed by atoms with Crippen molar-refractivity contribution in [1.82, 2.24) is 9.80 Å². The normalized spacial score (nSPS) is 30.1. The molecule has 0 aromatic heterocycles. The second-order valence-electron chi connectivity index (χ2n) is 10.8. The predicted octanol–water partition coefficient (Wildman–Crippen LogP) is 2.16. The van der Waals surface area contributed by atoms with Crippen LogP contribution in [0.3, 0.4) is 0 Å². The molecule has 4 aliphatic rings. The number of hydrogen-bond donors (Lipinski definition) is 1. The van der Waals surface area contributed by atoms with E-state index in [2.05, 4.69) is 0 Å². The summed E-state index contributed by atoms with van der Waals surface area (Å²) >= 11 is 0. The summed E-state index contributed by atoms with van der Waals surface area (Å²) in [7, 11) is 1.58. The predicted molar refractivity (Wildman–Crippen MR) is 147 cm³/mol. The number of hydrogen-bond acceptors (Lipinski definition) is 6. The summed E-state index contributed by atoms with van der Waals surface area (Å²) in [4.78, 5) is 47.5. The topological polar surface area (TPSA) is 99.6 Å². The summed E-state index contributed by atoms with van der Waals surface area (Å²) in [6.45, 7) is 2.46. The molecule has 3 amide bonds. The Balaban J connectivity index is 1.40. The fraction of sp³-hybridized carbons (Fsp3) is 0.387. The monoisotopic (exact) mass is 543 g/mol. The minimum absolute atomic E-state index is 0.177. The van der Waals surface area contributed by atoms with Crippen molar-refractivity contribution in [3.63, 3.8) is 0 Å². The van der Waals surface area contributed by atoms with Gasteiger partial charge in [0, 0.05) is 25.3 Å². The van der Waals surface area contributed by atoms with Crippen molar-refractivity contribution in [3.8, 4) is 5.75 Å². The lowest BCUT2D eigenvalue weighted by Gasteiger charge is -2.37. The van der Waals surface area contributed by atoms with Crippen LogP contribution in [0.15, 0.2) is 78.9 Å². The van der Waals surface area contributed by atoms with Crippen molar-refractivity contribution in [3.05, 3.63) is 84.5 Å². The van der Waals surface area contributed by atoms with Crippen molar-refractivity contribution < 1.29 is 29.0 Å². The SMILES string of the molecule is COc1ccc(N2CC=C[C@]34O[C@@H]5C=CCN(Cc6ccccc6)C(=O)[C@@H]5[C@H]3C(=O)N([C@H](C)CO)C4C2=O)cc1. The summed E-state index contributed by atoms with van der Waals surface area (Å²) in [5.41, 5.74) is 0.295. The minimum Gasteiger partial charge on any atom is -0.497 e. The van der Waals surface area contributed by atoms with E-state index in [9.17, 15) is 19.5 Å². The molecular weight excluding hydrogens is 510 g/mol. The lowest BCUT2D eigenvalue weighted by molar-refractivity contribution is -0.146. The zero-order valence-electron chi connectivity index (χ0n) is 22.6. The third-order valence-corrected chi connectivity index (χ3v) is 8.52. The Morgan fingerprint density at radius 1 is 1.00 bits per heavy atom. The van der Waals surface area contributed by atoms with Crippen molar-refractivity contribution in [2.24, 2.45) is 11.8 Å². The van der Waals surface area contributed by atoms with Gasteiger partial charge in [-0.3, -0.25) is 14.4 Å². The number of anilines is 1. The van der Waals surface area contributed by atoms with Crippen LogP contribution >= 0.6 is 0 Å². The molecule has 1 spiro atoms. The van der Waals surface area contributed by atoms with E-state index >= 15 is 0 Å². The highest BCUT2D eigenvalue weighted by Crippen LogP contribution is 2.54. The number of carbonyl (C=O) groups excluding carboxylic acids is 3. The Bertz CT molecular complexity index is 1360. The van der Waals surface area contributed by atoms with Gasteiger partial charge in [0.2, 0.25) is 11.8 Å². The highest BCUT2D eigenvalue weighted by Gasteiger charge is 2.72. The van der Waals surface area contributed by atoms with Crippen LogP contribution in [0.25, 0.3) is 0 Å². The van der Waals surface area contributed by atoms with E-state index in [1.807, 2.05) is 54.6 Å². The number of aliphatic hydroxyl groups is 1. The van der Waals surface area contributed by atoms with E-state index in [0.717, 1.165) is 5.56 Å². The smallest absolute Gasteiger partial charge is 0.253 e. The molecule has 2 saturated heterocycles. The minimum atomic E-state index is -1.34. The number of fused-ring (bicyclic) bond motifs is 2. The average Bonchev–Trinajstić information content (AvgIpc) is 3.31. The molecule has 208 valence electrons. The van der Waals surface area contributed by atoms with Crippen LogP contribution in [0.5, 0.6) is 5.75 Å². The molecule has 0 bridgehead atoms. The zero-order valence-corrected chi connectivity index (χ0v) is 22.6. The quantitative estimate of drug-likeness (QED) is 0.561. The molecule has 0 saturated carbocycles. The molecule has 2 aromatic rings. The molecule has 1 N–H and O–H groups in total. The van der Waals surface area contributed by atoms with Gasteiger partial charge in [0.15, 0.2) is 0 Å². The number of benzene rings is 2. The zero-order chi connectivity index (χ0) is 28.0. The number of rotatable bonds is 6. The average molecular weight is 544 g/mol. The third kappa shape index (κ3) is 4.03. The van der Waals surface area contributed by atoms with Crippen molar-refractivity contribution >= 4 is 23.4 Å². The fourth-order valence-corrected chi connectivity index (χ4v) is 6.63. The number of ether oxygens (including phenoxy) is 2. The van der Waals surface area contributed by atoms with E-state index in [0.29, 0.717) is 24.5 Å². The molecule has 40 heavy (non-hydrogen) atoms. The van der Waals surface area contributed by atoms with E-state index in [4.69, 9.17) is 9.47 Å². The van der Waals surface area contributed by atoms with Gasteiger partial charge in [-0.1, -0.05) is 54.6 Å². The molecule has 4 heterocycles. The number of amides is 3. The van der Waals surface area contributed by atoms with Crippen LogP contribution in [0.2, 0.25) is 0 Å². The van der Waals surface area contributed by atoms with Gasteiger partial charge in [-0.2, -0.15) is 0 Å². The van der Waals surface area contributed by atoms with Crippen LogP contribution in [0, 0.1) is 11.8 Å². The second-order valence-corrected chi connectivity index (χ2v) is 10.8. The summed E-state index contributed by atoms with van der Waals surface area (Å²) < 4.78 is 11.9. The second kappa shape index (κ2) is 10.2. The highest BCUT2D eigenvalue weighted by atomic mass is 16.5. The highest BCUT2D eigenvalue weighted by molar-refractivity contribution is 6.06. The van der Waals surface area contributed by atoms with E-state index < -0.39 is 35.6 Å². The van der Waals surface area contributed by atoms with Crippen LogP contribution in [-0.2, 0) is 25.7 Å². The largest absolute Gasteiger partial charge is 0.497 e. The summed E-state index contributed by atoms with van der Waals surface area (Å²) in [6, 6.07) is 15.2. The molecule has 4 aliphatic heterocycles. The Morgan fingerprint density at radius 2 is 1.75 bits per heavy atom. The van der Waals surface area contributed by atoms with Crippen LogP contribution in [0.4, 0.5) is 5.69 Å². The number of likely N-dealkylation sites (tertiary alicyclic amines) is 1. The Labute approximate surface area is 233 Å². The number of methoxy groups -OCH3 is 1. The molecule has 6 atom stereocenters. The van der Waals surface area contributed by atoms with E-state index in [1.54, 1.807) is 48.1 Å². The van der Waals surface area contributed by atoms with E-state index in [-0.39, 0.29) is 30.9 Å². The van der Waals surface area contributed by atoms with Crippen LogP contribution < -0.4 is 9.64 Å². The maximum absolute atomic E-state index is 14.3. The Hall–Kier alpha value is -3.95.